The van der Waals surface area contributed by atoms with Gasteiger partial charge in [0.25, 0.3) is 5.91 Å². The molecule has 1 amide bonds. The lowest BCUT2D eigenvalue weighted by Gasteiger charge is -2.08. The molecule has 0 saturated carbocycles. The van der Waals surface area contributed by atoms with Gasteiger partial charge in [-0.15, -0.1) is 0 Å². The van der Waals surface area contributed by atoms with E-state index in [4.69, 9.17) is 32.7 Å². The smallest absolute Gasteiger partial charge is 0.251 e. The Balaban J connectivity index is 1.67. The Bertz CT molecular complexity index is 934. The number of nitrogens with one attached hydrogen (secondary N) is 2. The van der Waals surface area contributed by atoms with E-state index < -0.39 is 0 Å². The Hall–Kier alpha value is -2.77. The molecule has 0 aliphatic rings. The number of ether oxygens (including phenoxy) is 2. The topological polar surface area (TPSA) is 89.1 Å². The molecule has 2 aromatic carbocycles. The number of benzene rings is 2. The molecule has 3 rings (SSSR count). The molecular formula is C18H16Cl2N4O3. The van der Waals surface area contributed by atoms with Crippen LogP contribution in [-0.4, -0.2) is 35.3 Å². The van der Waals surface area contributed by atoms with Gasteiger partial charge in [-0.25, -0.2) is 4.98 Å². The van der Waals surface area contributed by atoms with Gasteiger partial charge < -0.3 is 14.8 Å². The average Bonchev–Trinajstić information content (AvgIpc) is 3.15. The summed E-state index contributed by atoms with van der Waals surface area (Å²) in [7, 11) is 3.06. The van der Waals surface area contributed by atoms with E-state index >= 15 is 0 Å². The van der Waals surface area contributed by atoms with Crippen LogP contribution in [0.4, 0.5) is 0 Å². The zero-order chi connectivity index (χ0) is 19.4. The van der Waals surface area contributed by atoms with Gasteiger partial charge in [0, 0.05) is 11.1 Å². The minimum absolute atomic E-state index is 0.170. The van der Waals surface area contributed by atoms with E-state index in [2.05, 4.69) is 20.5 Å². The van der Waals surface area contributed by atoms with Crippen LogP contribution < -0.4 is 14.8 Å². The summed E-state index contributed by atoms with van der Waals surface area (Å²) in [5, 5.41) is 10.2. The fourth-order valence-electron chi connectivity index (χ4n) is 2.40. The number of rotatable bonds is 6. The Labute approximate surface area is 165 Å². The Morgan fingerprint density at radius 1 is 1.11 bits per heavy atom. The number of aromatic amines is 1. The van der Waals surface area contributed by atoms with Crippen molar-refractivity contribution in [1.82, 2.24) is 20.5 Å². The van der Waals surface area contributed by atoms with E-state index in [0.717, 1.165) is 11.3 Å². The summed E-state index contributed by atoms with van der Waals surface area (Å²) in [5.74, 6) is 1.77. The lowest BCUT2D eigenvalue weighted by molar-refractivity contribution is 0.0950. The third-order valence-corrected chi connectivity index (χ3v) is 4.32. The lowest BCUT2D eigenvalue weighted by Crippen LogP contribution is -2.23. The Morgan fingerprint density at radius 2 is 1.78 bits per heavy atom. The quantitative estimate of drug-likeness (QED) is 0.650. The number of hydrogen-bond donors (Lipinski definition) is 2. The van der Waals surface area contributed by atoms with Crippen molar-refractivity contribution in [2.24, 2.45) is 0 Å². The van der Waals surface area contributed by atoms with Crippen LogP contribution in [0.5, 0.6) is 11.5 Å². The van der Waals surface area contributed by atoms with Crippen LogP contribution in [0.2, 0.25) is 10.0 Å². The van der Waals surface area contributed by atoms with Gasteiger partial charge >= 0.3 is 0 Å². The molecule has 140 valence electrons. The number of amides is 1. The van der Waals surface area contributed by atoms with E-state index in [9.17, 15) is 4.79 Å². The maximum Gasteiger partial charge on any atom is 0.251 e. The first-order chi connectivity index (χ1) is 13.0. The largest absolute Gasteiger partial charge is 0.497 e. The first-order valence-electron chi connectivity index (χ1n) is 7.88. The first-order valence-corrected chi connectivity index (χ1v) is 8.64. The van der Waals surface area contributed by atoms with E-state index in [1.54, 1.807) is 7.11 Å². The second-order valence-electron chi connectivity index (χ2n) is 5.49. The molecule has 1 heterocycles. The van der Waals surface area contributed by atoms with Gasteiger partial charge in [0.05, 0.1) is 30.8 Å². The van der Waals surface area contributed by atoms with Crippen LogP contribution >= 0.6 is 23.2 Å². The average molecular weight is 407 g/mol. The zero-order valence-electron chi connectivity index (χ0n) is 14.5. The normalized spacial score (nSPS) is 10.5. The van der Waals surface area contributed by atoms with E-state index in [1.807, 2.05) is 24.3 Å². The molecule has 2 N–H and O–H groups in total. The zero-order valence-corrected chi connectivity index (χ0v) is 16.1. The van der Waals surface area contributed by atoms with E-state index in [1.165, 1.54) is 19.2 Å². The van der Waals surface area contributed by atoms with Crippen molar-refractivity contribution >= 4 is 29.1 Å². The summed E-state index contributed by atoms with van der Waals surface area (Å²) in [6, 6.07) is 10.3. The maximum atomic E-state index is 12.3. The lowest BCUT2D eigenvalue weighted by atomic mass is 10.2. The van der Waals surface area contributed by atoms with Gasteiger partial charge in [0.15, 0.2) is 11.6 Å². The van der Waals surface area contributed by atoms with Gasteiger partial charge in [-0.2, -0.15) is 5.10 Å². The molecule has 0 atom stereocenters. The number of nitrogens with zero attached hydrogens (tertiary/aromatic N) is 2. The summed E-state index contributed by atoms with van der Waals surface area (Å²) < 4.78 is 10.2. The highest BCUT2D eigenvalue weighted by Gasteiger charge is 2.14. The van der Waals surface area contributed by atoms with Crippen molar-refractivity contribution in [3.63, 3.8) is 0 Å². The number of methoxy groups -OCH3 is 2. The van der Waals surface area contributed by atoms with Crippen LogP contribution in [0.3, 0.4) is 0 Å². The number of H-pyrrole nitrogens is 1. The molecule has 0 unspecified atom stereocenters. The highest BCUT2D eigenvalue weighted by Crippen LogP contribution is 2.33. The minimum atomic E-state index is -0.344. The van der Waals surface area contributed by atoms with E-state index in [-0.39, 0.29) is 22.5 Å². The van der Waals surface area contributed by atoms with Gasteiger partial charge in [0.2, 0.25) is 0 Å². The van der Waals surface area contributed by atoms with Crippen molar-refractivity contribution < 1.29 is 14.3 Å². The van der Waals surface area contributed by atoms with E-state index in [0.29, 0.717) is 23.0 Å². The minimum Gasteiger partial charge on any atom is -0.497 e. The highest BCUT2D eigenvalue weighted by molar-refractivity contribution is 6.37. The van der Waals surface area contributed by atoms with Crippen LogP contribution in [0.15, 0.2) is 36.4 Å². The van der Waals surface area contributed by atoms with Crippen molar-refractivity contribution in [2.75, 3.05) is 14.2 Å². The Morgan fingerprint density at radius 3 is 2.37 bits per heavy atom. The fraction of sp³-hybridized carbons (Fsp3) is 0.167. The van der Waals surface area contributed by atoms with Crippen LogP contribution in [0, 0.1) is 0 Å². The third-order valence-electron chi connectivity index (χ3n) is 3.76. The molecule has 27 heavy (non-hydrogen) atoms. The van der Waals surface area contributed by atoms with Crippen molar-refractivity contribution in [3.05, 3.63) is 57.8 Å². The fourth-order valence-corrected chi connectivity index (χ4v) is 3.04. The molecule has 9 heteroatoms. The van der Waals surface area contributed by atoms with Crippen LogP contribution in [0.1, 0.15) is 16.2 Å². The van der Waals surface area contributed by atoms with Crippen molar-refractivity contribution in [2.45, 2.75) is 6.54 Å². The summed E-state index contributed by atoms with van der Waals surface area (Å²) in [4.78, 5) is 16.7. The first kappa shape index (κ1) is 19.0. The molecule has 0 fully saturated rings. The number of carbonyl (C=O) groups is 1. The molecule has 0 radical (unpaired) electrons. The van der Waals surface area contributed by atoms with Gasteiger partial charge in [-0.05, 0) is 36.4 Å². The van der Waals surface area contributed by atoms with Gasteiger partial charge in [-0.3, -0.25) is 9.89 Å². The number of halogens is 2. The number of carbonyl (C=O) groups excluding carboxylic acids is 1. The molecule has 0 aliphatic carbocycles. The molecule has 1 aromatic heterocycles. The summed E-state index contributed by atoms with van der Waals surface area (Å²) >= 11 is 12.1. The molecule has 0 bridgehead atoms. The summed E-state index contributed by atoms with van der Waals surface area (Å²) in [6.07, 6.45) is 0. The Kier molecular flexibility index (Phi) is 5.83. The molecule has 0 spiro atoms. The van der Waals surface area contributed by atoms with Gasteiger partial charge in [0.1, 0.15) is 11.6 Å². The monoisotopic (exact) mass is 406 g/mol. The molecule has 3 aromatic rings. The molecular weight excluding hydrogens is 391 g/mol. The molecule has 0 saturated heterocycles. The number of hydrogen-bond acceptors (Lipinski definition) is 5. The SMILES string of the molecule is COc1ccc(-c2n[nH]c(CNC(=O)c3cc(Cl)c(OC)c(Cl)c3)n2)cc1. The summed E-state index contributed by atoms with van der Waals surface area (Å²) in [5.41, 5.74) is 1.15. The summed E-state index contributed by atoms with van der Waals surface area (Å²) in [6.45, 7) is 0.170. The van der Waals surface area contributed by atoms with Crippen molar-refractivity contribution in [3.8, 4) is 22.9 Å². The highest BCUT2D eigenvalue weighted by atomic mass is 35.5. The second kappa shape index (κ2) is 8.28. The number of aromatic nitrogens is 3. The standard InChI is InChI=1S/C18H16Cl2N4O3/c1-26-12-5-3-10(4-6-12)17-22-15(23-24-17)9-21-18(25)11-7-13(19)16(27-2)14(20)8-11/h3-8H,9H2,1-2H3,(H,21,25)(H,22,23,24). The molecule has 0 aliphatic heterocycles. The maximum absolute atomic E-state index is 12.3. The molecule has 7 nitrogen and oxygen atoms in total. The third kappa shape index (κ3) is 4.32. The predicted octanol–water partition coefficient (Wildman–Crippen LogP) is 3.73. The van der Waals surface area contributed by atoms with Crippen LogP contribution in [0.25, 0.3) is 11.4 Å². The van der Waals surface area contributed by atoms with Crippen LogP contribution in [-0.2, 0) is 6.54 Å². The van der Waals surface area contributed by atoms with Gasteiger partial charge in [-0.1, -0.05) is 23.2 Å². The second-order valence-corrected chi connectivity index (χ2v) is 6.30. The predicted molar refractivity (Wildman–Crippen MR) is 103 cm³/mol. The van der Waals surface area contributed by atoms with Crippen molar-refractivity contribution in [1.29, 1.82) is 0 Å².